The zero-order valence-electron chi connectivity index (χ0n) is 11.2. The van der Waals surface area contributed by atoms with Crippen molar-refractivity contribution in [3.05, 3.63) is 51.8 Å². The minimum absolute atomic E-state index is 0.0913. The van der Waals surface area contributed by atoms with Gasteiger partial charge in [0.2, 0.25) is 0 Å². The SMILES string of the molecule is N#Cc1c(SCC(=O)O)[nH]c(=O)c(C#N)c1-c1ccccc1. The number of carboxylic acids is 1. The van der Waals surface area contributed by atoms with E-state index in [9.17, 15) is 20.1 Å². The molecule has 1 heterocycles. The molecule has 0 amide bonds. The fraction of sp³-hybridized carbons (Fsp3) is 0.0667. The van der Waals surface area contributed by atoms with Crippen LogP contribution in [0.3, 0.4) is 0 Å². The molecule has 0 saturated carbocycles. The number of hydrogen-bond acceptors (Lipinski definition) is 5. The topological polar surface area (TPSA) is 118 Å². The average Bonchev–Trinajstić information content (AvgIpc) is 2.52. The van der Waals surface area contributed by atoms with E-state index in [1.54, 1.807) is 30.3 Å². The summed E-state index contributed by atoms with van der Waals surface area (Å²) in [6.45, 7) is 0. The van der Waals surface area contributed by atoms with Crippen molar-refractivity contribution in [1.29, 1.82) is 10.5 Å². The molecule has 2 aromatic rings. The van der Waals surface area contributed by atoms with Crippen LogP contribution in [0.25, 0.3) is 11.1 Å². The van der Waals surface area contributed by atoms with Crippen LogP contribution in [0.5, 0.6) is 0 Å². The predicted molar refractivity (Wildman–Crippen MR) is 80.3 cm³/mol. The molecule has 1 aromatic heterocycles. The van der Waals surface area contributed by atoms with E-state index in [1.807, 2.05) is 12.1 Å². The third-order valence-electron chi connectivity index (χ3n) is 2.81. The van der Waals surface area contributed by atoms with Crippen LogP contribution in [0, 0.1) is 22.7 Å². The molecule has 0 aliphatic heterocycles. The quantitative estimate of drug-likeness (QED) is 0.833. The van der Waals surface area contributed by atoms with Gasteiger partial charge in [-0.15, -0.1) is 0 Å². The molecule has 108 valence electrons. The Hall–Kier alpha value is -3.03. The molecule has 1 aromatic carbocycles. The van der Waals surface area contributed by atoms with Crippen molar-refractivity contribution in [2.24, 2.45) is 0 Å². The summed E-state index contributed by atoms with van der Waals surface area (Å²) >= 11 is 0.835. The molecule has 0 atom stereocenters. The number of aromatic amines is 1. The number of nitriles is 2. The molecule has 0 unspecified atom stereocenters. The van der Waals surface area contributed by atoms with E-state index in [1.165, 1.54) is 0 Å². The Balaban J connectivity index is 2.74. The molecular formula is C15H9N3O3S. The number of hydrogen-bond donors (Lipinski definition) is 2. The summed E-state index contributed by atoms with van der Waals surface area (Å²) in [6.07, 6.45) is 0. The standard InChI is InChI=1S/C15H9N3O3S/c16-6-10-13(9-4-2-1-3-5-9)11(7-17)15(18-14(10)21)22-8-12(19)20/h1-5H,8H2,(H,18,21)(H,19,20). The minimum atomic E-state index is -1.07. The third-order valence-corrected chi connectivity index (χ3v) is 3.79. The molecule has 6 nitrogen and oxygen atoms in total. The second-order valence-corrected chi connectivity index (χ2v) is 5.17. The summed E-state index contributed by atoms with van der Waals surface area (Å²) in [6, 6.07) is 12.4. The van der Waals surface area contributed by atoms with Gasteiger partial charge in [0.25, 0.3) is 5.56 Å². The van der Waals surface area contributed by atoms with Gasteiger partial charge in [-0.1, -0.05) is 42.1 Å². The molecule has 0 aliphatic carbocycles. The van der Waals surface area contributed by atoms with E-state index >= 15 is 0 Å². The Morgan fingerprint density at radius 2 is 1.82 bits per heavy atom. The Morgan fingerprint density at radius 1 is 1.18 bits per heavy atom. The highest BCUT2D eigenvalue weighted by Gasteiger charge is 2.19. The van der Waals surface area contributed by atoms with Gasteiger partial charge in [0.15, 0.2) is 0 Å². The van der Waals surface area contributed by atoms with E-state index in [0.29, 0.717) is 5.56 Å². The van der Waals surface area contributed by atoms with Crippen molar-refractivity contribution in [2.75, 3.05) is 5.75 Å². The van der Waals surface area contributed by atoms with Crippen molar-refractivity contribution in [2.45, 2.75) is 5.03 Å². The van der Waals surface area contributed by atoms with E-state index in [0.717, 1.165) is 11.8 Å². The summed E-state index contributed by atoms with van der Waals surface area (Å²) in [7, 11) is 0. The highest BCUT2D eigenvalue weighted by molar-refractivity contribution is 7.99. The smallest absolute Gasteiger partial charge is 0.313 e. The van der Waals surface area contributed by atoms with Gasteiger partial charge in [-0.05, 0) is 5.56 Å². The van der Waals surface area contributed by atoms with E-state index in [-0.39, 0.29) is 27.5 Å². The number of H-pyrrole nitrogens is 1. The summed E-state index contributed by atoms with van der Waals surface area (Å²) in [5, 5.41) is 27.5. The van der Waals surface area contributed by atoms with Crippen molar-refractivity contribution in [3.63, 3.8) is 0 Å². The maximum atomic E-state index is 12.0. The number of nitrogens with one attached hydrogen (secondary N) is 1. The van der Waals surface area contributed by atoms with Gasteiger partial charge in [-0.25, -0.2) is 0 Å². The van der Waals surface area contributed by atoms with Gasteiger partial charge < -0.3 is 10.1 Å². The Morgan fingerprint density at radius 3 is 2.36 bits per heavy atom. The predicted octanol–water partition coefficient (Wildman–Crippen LogP) is 1.96. The maximum absolute atomic E-state index is 12.0. The number of rotatable bonds is 4. The van der Waals surface area contributed by atoms with Crippen LogP contribution in [0.1, 0.15) is 11.1 Å². The number of thioether (sulfide) groups is 1. The van der Waals surface area contributed by atoms with Gasteiger partial charge in [0.05, 0.1) is 16.3 Å². The molecule has 22 heavy (non-hydrogen) atoms. The molecule has 0 spiro atoms. The van der Waals surface area contributed by atoms with E-state index in [2.05, 4.69) is 4.98 Å². The molecule has 0 fully saturated rings. The zero-order chi connectivity index (χ0) is 16.1. The third kappa shape index (κ3) is 3.00. The van der Waals surface area contributed by atoms with E-state index < -0.39 is 11.5 Å². The van der Waals surface area contributed by atoms with Gasteiger partial charge in [-0.2, -0.15) is 10.5 Å². The second kappa shape index (κ2) is 6.61. The summed E-state index contributed by atoms with van der Waals surface area (Å²) in [5.41, 5.74) is 0.0605. The van der Waals surface area contributed by atoms with Crippen LogP contribution in [0.4, 0.5) is 0 Å². The number of aromatic nitrogens is 1. The molecule has 0 bridgehead atoms. The number of pyridine rings is 1. The van der Waals surface area contributed by atoms with Crippen molar-refractivity contribution in [3.8, 4) is 23.3 Å². The summed E-state index contributed by atoms with van der Waals surface area (Å²) < 4.78 is 0. The largest absolute Gasteiger partial charge is 0.481 e. The van der Waals surface area contributed by atoms with Crippen LogP contribution < -0.4 is 5.56 Å². The molecule has 0 saturated heterocycles. The normalized spacial score (nSPS) is 9.73. The van der Waals surface area contributed by atoms with Gasteiger partial charge >= 0.3 is 5.97 Å². The molecule has 0 aliphatic rings. The van der Waals surface area contributed by atoms with Crippen molar-refractivity contribution >= 4 is 17.7 Å². The summed E-state index contributed by atoms with van der Waals surface area (Å²) in [5.74, 6) is -1.37. The van der Waals surface area contributed by atoms with Gasteiger partial charge in [-0.3, -0.25) is 9.59 Å². The lowest BCUT2D eigenvalue weighted by Crippen LogP contribution is -2.15. The lowest BCUT2D eigenvalue weighted by Gasteiger charge is -2.10. The fourth-order valence-corrected chi connectivity index (χ4v) is 2.65. The first-order valence-corrected chi connectivity index (χ1v) is 7.07. The lowest BCUT2D eigenvalue weighted by atomic mass is 9.97. The van der Waals surface area contributed by atoms with Gasteiger partial charge in [0, 0.05) is 5.56 Å². The lowest BCUT2D eigenvalue weighted by molar-refractivity contribution is -0.133. The Kier molecular flexibility index (Phi) is 4.62. The molecule has 7 heteroatoms. The second-order valence-electron chi connectivity index (χ2n) is 4.18. The summed E-state index contributed by atoms with van der Waals surface area (Å²) in [4.78, 5) is 25.1. The average molecular weight is 311 g/mol. The first-order chi connectivity index (χ1) is 10.6. The molecule has 2 rings (SSSR count). The van der Waals surface area contributed by atoms with Crippen LogP contribution in [-0.2, 0) is 4.79 Å². The first kappa shape index (κ1) is 15.4. The first-order valence-electron chi connectivity index (χ1n) is 6.09. The number of benzene rings is 1. The van der Waals surface area contributed by atoms with Crippen LogP contribution in [0.15, 0.2) is 40.2 Å². The van der Waals surface area contributed by atoms with Crippen molar-refractivity contribution < 1.29 is 9.90 Å². The number of carbonyl (C=O) groups is 1. The molecular weight excluding hydrogens is 302 g/mol. The maximum Gasteiger partial charge on any atom is 0.313 e. The number of carboxylic acid groups (broad SMARTS) is 1. The van der Waals surface area contributed by atoms with Crippen LogP contribution in [-0.4, -0.2) is 21.8 Å². The molecule has 0 radical (unpaired) electrons. The highest BCUT2D eigenvalue weighted by atomic mass is 32.2. The zero-order valence-corrected chi connectivity index (χ0v) is 12.0. The molecule has 2 N–H and O–H groups in total. The monoisotopic (exact) mass is 311 g/mol. The Labute approximate surface area is 129 Å². The van der Waals surface area contributed by atoms with Gasteiger partial charge in [0.1, 0.15) is 17.7 Å². The minimum Gasteiger partial charge on any atom is -0.481 e. The van der Waals surface area contributed by atoms with E-state index in [4.69, 9.17) is 5.11 Å². The Bertz CT molecular complexity index is 861. The highest BCUT2D eigenvalue weighted by Crippen LogP contribution is 2.30. The van der Waals surface area contributed by atoms with Crippen molar-refractivity contribution in [1.82, 2.24) is 4.98 Å². The van der Waals surface area contributed by atoms with Crippen LogP contribution in [0.2, 0.25) is 0 Å². The number of aliphatic carboxylic acids is 1. The fourth-order valence-electron chi connectivity index (χ4n) is 1.93. The van der Waals surface area contributed by atoms with Crippen LogP contribution >= 0.6 is 11.8 Å². The number of nitrogens with zero attached hydrogens (tertiary/aromatic N) is 2.